The molecule has 1 aliphatic carbocycles. The first-order valence-electron chi connectivity index (χ1n) is 6.82. The fraction of sp³-hybridized carbons (Fsp3) is 0.571. The Bertz CT molecular complexity index is 569. The van der Waals surface area contributed by atoms with E-state index in [1.165, 1.54) is 12.1 Å². The molecular formula is C14H16F3NO2S. The molecule has 1 fully saturated rings. The molecular weight excluding hydrogens is 303 g/mol. The van der Waals surface area contributed by atoms with Crippen molar-refractivity contribution in [2.24, 2.45) is 0 Å². The van der Waals surface area contributed by atoms with Gasteiger partial charge in [0, 0.05) is 34.8 Å². The van der Waals surface area contributed by atoms with Crippen molar-refractivity contribution < 1.29 is 23.4 Å². The Hall–Kier alpha value is -0.920. The van der Waals surface area contributed by atoms with Crippen LogP contribution in [0.2, 0.25) is 0 Å². The van der Waals surface area contributed by atoms with E-state index < -0.39 is 24.3 Å². The number of aliphatic hydroxyl groups is 2. The first kappa shape index (κ1) is 15.0. The summed E-state index contributed by atoms with van der Waals surface area (Å²) in [5.74, 6) is -3.86. The molecule has 0 bridgehead atoms. The van der Waals surface area contributed by atoms with Crippen LogP contribution >= 0.6 is 12.6 Å². The molecule has 116 valence electrons. The van der Waals surface area contributed by atoms with Gasteiger partial charge in [-0.2, -0.15) is 8.78 Å². The lowest BCUT2D eigenvalue weighted by Gasteiger charge is -2.33. The summed E-state index contributed by atoms with van der Waals surface area (Å²) in [6, 6.07) is 3.01. The van der Waals surface area contributed by atoms with Gasteiger partial charge in [-0.25, -0.2) is 4.39 Å². The third-order valence-electron chi connectivity index (χ3n) is 4.21. The SMILES string of the molecule is OC1CCCN(c2ccc(S)c3c2C(F)C(F)(F)C3O)C1. The van der Waals surface area contributed by atoms with Crippen molar-refractivity contribution in [3.8, 4) is 0 Å². The molecule has 3 rings (SSSR count). The maximum Gasteiger partial charge on any atom is 0.312 e. The van der Waals surface area contributed by atoms with Gasteiger partial charge in [-0.1, -0.05) is 0 Å². The Morgan fingerprint density at radius 3 is 2.62 bits per heavy atom. The minimum Gasteiger partial charge on any atom is -0.391 e. The van der Waals surface area contributed by atoms with E-state index in [1.807, 2.05) is 0 Å². The summed E-state index contributed by atoms with van der Waals surface area (Å²) in [7, 11) is 0. The lowest BCUT2D eigenvalue weighted by molar-refractivity contribution is -0.143. The van der Waals surface area contributed by atoms with Crippen LogP contribution in [-0.2, 0) is 0 Å². The van der Waals surface area contributed by atoms with Gasteiger partial charge in [-0.05, 0) is 25.0 Å². The summed E-state index contributed by atoms with van der Waals surface area (Å²) < 4.78 is 41.8. The first-order valence-corrected chi connectivity index (χ1v) is 7.27. The van der Waals surface area contributed by atoms with Gasteiger partial charge in [0.2, 0.25) is 0 Å². The average Bonchev–Trinajstić information content (AvgIpc) is 2.61. The van der Waals surface area contributed by atoms with Crippen molar-refractivity contribution in [1.29, 1.82) is 0 Å². The Kier molecular flexibility index (Phi) is 3.62. The normalized spacial score (nSPS) is 31.3. The molecule has 3 unspecified atom stereocenters. The van der Waals surface area contributed by atoms with Crippen LogP contribution in [-0.4, -0.2) is 35.3 Å². The van der Waals surface area contributed by atoms with Crippen molar-refractivity contribution >= 4 is 18.3 Å². The minimum atomic E-state index is -3.86. The zero-order valence-corrected chi connectivity index (χ0v) is 12.0. The standard InChI is InChI=1S/C14H16F3NO2S/c15-12-10-8(18-5-1-2-7(19)6-18)3-4-9(21)11(10)13(20)14(12,16)17/h3-4,7,12-13,19-21H,1-2,5-6H2. The molecule has 3 nitrogen and oxygen atoms in total. The van der Waals surface area contributed by atoms with E-state index in [0.29, 0.717) is 25.1 Å². The minimum absolute atomic E-state index is 0.145. The predicted molar refractivity (Wildman–Crippen MR) is 74.9 cm³/mol. The number of piperidine rings is 1. The Morgan fingerprint density at radius 2 is 1.95 bits per heavy atom. The number of nitrogens with zero attached hydrogens (tertiary/aromatic N) is 1. The smallest absolute Gasteiger partial charge is 0.312 e. The number of halogens is 3. The summed E-state index contributed by atoms with van der Waals surface area (Å²) in [6.45, 7) is 0.830. The van der Waals surface area contributed by atoms with Gasteiger partial charge in [-0.15, -0.1) is 12.6 Å². The van der Waals surface area contributed by atoms with Crippen LogP contribution in [0.5, 0.6) is 0 Å². The molecule has 1 aliphatic heterocycles. The molecule has 21 heavy (non-hydrogen) atoms. The summed E-state index contributed by atoms with van der Waals surface area (Å²) in [5, 5.41) is 19.4. The second kappa shape index (κ2) is 5.07. The van der Waals surface area contributed by atoms with Crippen LogP contribution in [0.15, 0.2) is 17.0 Å². The molecule has 0 saturated carbocycles. The summed E-state index contributed by atoms with van der Waals surface area (Å²) in [4.78, 5) is 1.85. The topological polar surface area (TPSA) is 43.7 Å². The zero-order valence-electron chi connectivity index (χ0n) is 11.1. The van der Waals surface area contributed by atoms with Gasteiger partial charge in [0.25, 0.3) is 0 Å². The van der Waals surface area contributed by atoms with E-state index in [-0.39, 0.29) is 22.6 Å². The first-order chi connectivity index (χ1) is 9.84. The number of alkyl halides is 3. The van der Waals surface area contributed by atoms with Gasteiger partial charge in [0.05, 0.1) is 6.10 Å². The van der Waals surface area contributed by atoms with Crippen LogP contribution in [0.1, 0.15) is 36.2 Å². The Morgan fingerprint density at radius 1 is 1.24 bits per heavy atom. The number of benzene rings is 1. The van der Waals surface area contributed by atoms with Gasteiger partial charge in [-0.3, -0.25) is 0 Å². The monoisotopic (exact) mass is 319 g/mol. The third-order valence-corrected chi connectivity index (χ3v) is 4.60. The summed E-state index contributed by atoms with van der Waals surface area (Å²) in [5.41, 5.74) is -0.0345. The molecule has 0 radical (unpaired) electrons. The highest BCUT2D eigenvalue weighted by atomic mass is 32.1. The number of fused-ring (bicyclic) bond motifs is 1. The molecule has 1 heterocycles. The zero-order chi connectivity index (χ0) is 15.4. The van der Waals surface area contributed by atoms with Crippen molar-refractivity contribution in [2.45, 2.75) is 42.0 Å². The van der Waals surface area contributed by atoms with Crippen molar-refractivity contribution in [3.05, 3.63) is 23.3 Å². The Labute approximate surface area is 125 Å². The van der Waals surface area contributed by atoms with E-state index >= 15 is 0 Å². The largest absolute Gasteiger partial charge is 0.391 e. The van der Waals surface area contributed by atoms with Crippen LogP contribution < -0.4 is 4.90 Å². The molecule has 7 heteroatoms. The maximum atomic E-state index is 14.2. The van der Waals surface area contributed by atoms with Crippen molar-refractivity contribution in [2.75, 3.05) is 18.0 Å². The third kappa shape index (κ3) is 2.22. The summed E-state index contributed by atoms with van der Waals surface area (Å²) in [6.07, 6.45) is -3.97. The average molecular weight is 319 g/mol. The van der Waals surface area contributed by atoms with Crippen LogP contribution in [0.4, 0.5) is 18.9 Å². The Balaban J connectivity index is 2.10. The lowest BCUT2D eigenvalue weighted by atomic mass is 10.0. The van der Waals surface area contributed by atoms with Crippen molar-refractivity contribution in [1.82, 2.24) is 0 Å². The molecule has 2 aliphatic rings. The molecule has 0 amide bonds. The van der Waals surface area contributed by atoms with E-state index in [4.69, 9.17) is 0 Å². The fourth-order valence-corrected chi connectivity index (χ4v) is 3.46. The highest BCUT2D eigenvalue weighted by molar-refractivity contribution is 7.80. The van der Waals surface area contributed by atoms with Crippen molar-refractivity contribution in [3.63, 3.8) is 0 Å². The number of β-amino-alcohol motifs (C(OH)–C–C–N with tert-alkyl or cyclic N) is 1. The molecule has 1 saturated heterocycles. The van der Waals surface area contributed by atoms with Gasteiger partial charge < -0.3 is 15.1 Å². The van der Waals surface area contributed by atoms with Gasteiger partial charge in [0.1, 0.15) is 6.10 Å². The highest BCUT2D eigenvalue weighted by Gasteiger charge is 2.58. The predicted octanol–water partition coefficient (Wildman–Crippen LogP) is 2.63. The number of hydrogen-bond donors (Lipinski definition) is 3. The van der Waals surface area contributed by atoms with E-state index in [0.717, 1.165) is 0 Å². The highest BCUT2D eigenvalue weighted by Crippen LogP contribution is 2.56. The van der Waals surface area contributed by atoms with Crippen LogP contribution in [0, 0.1) is 0 Å². The van der Waals surface area contributed by atoms with Crippen LogP contribution in [0.25, 0.3) is 0 Å². The second-order valence-electron chi connectivity index (χ2n) is 5.61. The fourth-order valence-electron chi connectivity index (χ4n) is 3.14. The number of rotatable bonds is 1. The van der Waals surface area contributed by atoms with E-state index in [9.17, 15) is 23.4 Å². The van der Waals surface area contributed by atoms with E-state index in [2.05, 4.69) is 12.6 Å². The molecule has 0 aromatic heterocycles. The number of thiol groups is 1. The number of aliphatic hydroxyl groups excluding tert-OH is 2. The van der Waals surface area contributed by atoms with Crippen LogP contribution in [0.3, 0.4) is 0 Å². The van der Waals surface area contributed by atoms with Gasteiger partial charge >= 0.3 is 5.92 Å². The maximum absolute atomic E-state index is 14.2. The van der Waals surface area contributed by atoms with Gasteiger partial charge in [0.15, 0.2) is 6.17 Å². The molecule has 1 aromatic rings. The molecule has 2 N–H and O–H groups in total. The molecule has 1 aromatic carbocycles. The second-order valence-corrected chi connectivity index (χ2v) is 6.09. The quantitative estimate of drug-likeness (QED) is 0.697. The molecule has 0 spiro atoms. The molecule has 3 atom stereocenters. The number of anilines is 1. The summed E-state index contributed by atoms with van der Waals surface area (Å²) >= 11 is 4.07. The van der Waals surface area contributed by atoms with E-state index in [1.54, 1.807) is 4.90 Å². The number of hydrogen-bond acceptors (Lipinski definition) is 4. The lowest BCUT2D eigenvalue weighted by Crippen LogP contribution is -2.39.